The topological polar surface area (TPSA) is 65.5 Å². The highest BCUT2D eigenvalue weighted by Gasteiger charge is 2.21. The molecule has 4 rings (SSSR count). The van der Waals surface area contributed by atoms with Crippen molar-refractivity contribution < 1.29 is 9.59 Å². The van der Waals surface area contributed by atoms with E-state index in [0.29, 0.717) is 5.56 Å². The lowest BCUT2D eigenvalue weighted by Gasteiger charge is -2.35. The summed E-state index contributed by atoms with van der Waals surface area (Å²) in [7, 11) is 0. The lowest BCUT2D eigenvalue weighted by atomic mass is 9.98. The molecule has 2 amide bonds. The molecule has 3 aromatic rings. The predicted molar refractivity (Wildman–Crippen MR) is 133 cm³/mol. The third-order valence-corrected chi connectivity index (χ3v) is 6.85. The number of aromatic nitrogens is 1. The highest BCUT2D eigenvalue weighted by molar-refractivity contribution is 7.13. The molecule has 172 valence electrons. The van der Waals surface area contributed by atoms with E-state index in [0.717, 1.165) is 54.3 Å². The van der Waals surface area contributed by atoms with E-state index in [1.165, 1.54) is 5.56 Å². The van der Waals surface area contributed by atoms with Crippen molar-refractivity contribution in [1.82, 2.24) is 20.1 Å². The number of amides is 2. The molecule has 1 N–H and O–H groups in total. The van der Waals surface area contributed by atoms with Gasteiger partial charge >= 0.3 is 0 Å². The molecule has 1 unspecified atom stereocenters. The fourth-order valence-electron chi connectivity index (χ4n) is 4.16. The molecular weight excluding hydrogens is 432 g/mol. The van der Waals surface area contributed by atoms with Gasteiger partial charge in [0.25, 0.3) is 5.91 Å². The number of nitrogens with one attached hydrogen (secondary N) is 1. The van der Waals surface area contributed by atoms with Gasteiger partial charge in [0, 0.05) is 57.4 Å². The van der Waals surface area contributed by atoms with Gasteiger partial charge < -0.3 is 10.2 Å². The second-order valence-corrected chi connectivity index (χ2v) is 9.60. The number of aryl methyl sites for hydroxylation is 1. The molecule has 6 nitrogen and oxygen atoms in total. The highest BCUT2D eigenvalue weighted by atomic mass is 32.1. The van der Waals surface area contributed by atoms with Gasteiger partial charge in [-0.3, -0.25) is 19.5 Å². The molecule has 1 atom stereocenters. The molecule has 2 heterocycles. The summed E-state index contributed by atoms with van der Waals surface area (Å²) >= 11 is 1.56. The Balaban J connectivity index is 1.49. The van der Waals surface area contributed by atoms with Crippen LogP contribution >= 0.6 is 11.3 Å². The molecule has 0 bridgehead atoms. The van der Waals surface area contributed by atoms with Gasteiger partial charge in [0.05, 0.1) is 10.4 Å². The lowest BCUT2D eigenvalue weighted by molar-refractivity contribution is -0.130. The zero-order valence-corrected chi connectivity index (χ0v) is 20.2. The Kier molecular flexibility index (Phi) is 7.20. The Labute approximate surface area is 199 Å². The van der Waals surface area contributed by atoms with Gasteiger partial charge in [-0.15, -0.1) is 11.3 Å². The van der Waals surface area contributed by atoms with Crippen LogP contribution in [0.3, 0.4) is 0 Å². The van der Waals surface area contributed by atoms with Crippen molar-refractivity contribution in [3.8, 4) is 21.6 Å². The average Bonchev–Trinajstić information content (AvgIpc) is 3.34. The molecule has 1 aromatic heterocycles. The molecule has 1 aliphatic rings. The SMILES string of the molecule is CC(=O)N1CCN(CC(C)NC(=O)c2cc(-c3ccc(C)cc3)cc(-c3cncs3)c2)CC1. The van der Waals surface area contributed by atoms with E-state index in [2.05, 4.69) is 52.5 Å². The zero-order chi connectivity index (χ0) is 23.4. The van der Waals surface area contributed by atoms with E-state index in [1.54, 1.807) is 18.3 Å². The van der Waals surface area contributed by atoms with Crippen LogP contribution < -0.4 is 5.32 Å². The van der Waals surface area contributed by atoms with Crippen molar-refractivity contribution in [3.63, 3.8) is 0 Å². The Morgan fingerprint density at radius 3 is 2.36 bits per heavy atom. The van der Waals surface area contributed by atoms with Crippen molar-refractivity contribution in [2.75, 3.05) is 32.7 Å². The number of hydrogen-bond donors (Lipinski definition) is 1. The number of carbonyl (C=O) groups is 2. The molecule has 1 fully saturated rings. The number of hydrogen-bond acceptors (Lipinski definition) is 5. The second-order valence-electron chi connectivity index (χ2n) is 8.71. The molecule has 1 saturated heterocycles. The van der Waals surface area contributed by atoms with E-state index in [4.69, 9.17) is 0 Å². The lowest BCUT2D eigenvalue weighted by Crippen LogP contribution is -2.51. The fourth-order valence-corrected chi connectivity index (χ4v) is 4.77. The van der Waals surface area contributed by atoms with Crippen LogP contribution in [0.5, 0.6) is 0 Å². The van der Waals surface area contributed by atoms with Crippen LogP contribution in [0.4, 0.5) is 0 Å². The van der Waals surface area contributed by atoms with Crippen LogP contribution in [0.25, 0.3) is 21.6 Å². The summed E-state index contributed by atoms with van der Waals surface area (Å²) in [4.78, 5) is 34.2. The zero-order valence-electron chi connectivity index (χ0n) is 19.4. The number of carbonyl (C=O) groups excluding carboxylic acids is 2. The molecule has 1 aliphatic heterocycles. The summed E-state index contributed by atoms with van der Waals surface area (Å²) in [6, 6.07) is 14.4. The number of nitrogens with zero attached hydrogens (tertiary/aromatic N) is 3. The van der Waals surface area contributed by atoms with E-state index in [9.17, 15) is 9.59 Å². The third-order valence-electron chi connectivity index (χ3n) is 6.02. The van der Waals surface area contributed by atoms with Crippen molar-refractivity contribution in [2.24, 2.45) is 0 Å². The van der Waals surface area contributed by atoms with Gasteiger partial charge in [-0.1, -0.05) is 29.8 Å². The summed E-state index contributed by atoms with van der Waals surface area (Å²) in [5.74, 6) is 0.0470. The molecule has 0 radical (unpaired) electrons. The molecular formula is C26H30N4O2S. The second kappa shape index (κ2) is 10.3. The van der Waals surface area contributed by atoms with Crippen LogP contribution in [0.2, 0.25) is 0 Å². The first-order valence-corrected chi connectivity index (χ1v) is 12.2. The fraction of sp³-hybridized carbons (Fsp3) is 0.346. The average molecular weight is 463 g/mol. The molecule has 0 saturated carbocycles. The maximum atomic E-state index is 13.2. The Morgan fingerprint density at radius 2 is 1.73 bits per heavy atom. The first-order valence-electron chi connectivity index (χ1n) is 11.3. The standard InChI is InChI=1S/C26H30N4O2S/c1-18-4-6-21(7-5-18)22-12-23(25-15-27-17-33-25)14-24(13-22)26(32)28-19(2)16-29-8-10-30(11-9-29)20(3)31/h4-7,12-15,17,19H,8-11,16H2,1-3H3,(H,28,32). The third kappa shape index (κ3) is 5.86. The number of rotatable bonds is 6. The maximum absolute atomic E-state index is 13.2. The maximum Gasteiger partial charge on any atom is 0.251 e. The Bertz CT molecular complexity index is 1100. The van der Waals surface area contributed by atoms with Crippen molar-refractivity contribution >= 4 is 23.2 Å². The highest BCUT2D eigenvalue weighted by Crippen LogP contribution is 2.30. The van der Waals surface area contributed by atoms with E-state index >= 15 is 0 Å². The Hall–Kier alpha value is -3.03. The van der Waals surface area contributed by atoms with Gasteiger partial charge in [-0.25, -0.2) is 0 Å². The van der Waals surface area contributed by atoms with Gasteiger partial charge in [0.2, 0.25) is 5.91 Å². The molecule has 33 heavy (non-hydrogen) atoms. The summed E-state index contributed by atoms with van der Waals surface area (Å²) in [5.41, 5.74) is 6.74. The van der Waals surface area contributed by atoms with Crippen LogP contribution in [0, 0.1) is 6.92 Å². The number of piperazine rings is 1. The summed E-state index contributed by atoms with van der Waals surface area (Å²) in [6.07, 6.45) is 1.84. The van der Waals surface area contributed by atoms with Gasteiger partial charge in [0.1, 0.15) is 0 Å². The smallest absolute Gasteiger partial charge is 0.251 e. The van der Waals surface area contributed by atoms with Gasteiger partial charge in [-0.05, 0) is 48.7 Å². The molecule has 2 aromatic carbocycles. The van der Waals surface area contributed by atoms with Crippen LogP contribution in [0.15, 0.2) is 54.2 Å². The van der Waals surface area contributed by atoms with Gasteiger partial charge in [0.15, 0.2) is 0 Å². The number of benzene rings is 2. The van der Waals surface area contributed by atoms with E-state index in [1.807, 2.05) is 35.7 Å². The van der Waals surface area contributed by atoms with Crippen LogP contribution in [-0.2, 0) is 4.79 Å². The first kappa shape index (κ1) is 23.1. The van der Waals surface area contributed by atoms with Crippen LogP contribution in [-0.4, -0.2) is 65.4 Å². The van der Waals surface area contributed by atoms with Crippen molar-refractivity contribution in [2.45, 2.75) is 26.8 Å². The summed E-state index contributed by atoms with van der Waals surface area (Å²) < 4.78 is 0. The van der Waals surface area contributed by atoms with E-state index < -0.39 is 0 Å². The molecule has 0 spiro atoms. The largest absolute Gasteiger partial charge is 0.348 e. The number of thiazole rings is 1. The minimum Gasteiger partial charge on any atom is -0.348 e. The quantitative estimate of drug-likeness (QED) is 0.600. The van der Waals surface area contributed by atoms with Gasteiger partial charge in [-0.2, -0.15) is 0 Å². The van der Waals surface area contributed by atoms with Crippen LogP contribution in [0.1, 0.15) is 29.8 Å². The summed E-state index contributed by atoms with van der Waals surface area (Å²) in [6.45, 7) is 9.62. The monoisotopic (exact) mass is 462 g/mol. The van der Waals surface area contributed by atoms with E-state index in [-0.39, 0.29) is 17.9 Å². The van der Waals surface area contributed by atoms with Crippen molar-refractivity contribution in [1.29, 1.82) is 0 Å². The normalized spacial score (nSPS) is 15.3. The minimum atomic E-state index is -0.0791. The molecule has 7 heteroatoms. The first-order chi connectivity index (χ1) is 15.9. The Morgan fingerprint density at radius 1 is 1.03 bits per heavy atom. The minimum absolute atomic E-state index is 0.00346. The predicted octanol–water partition coefficient (Wildman–Crippen LogP) is 4.07. The van der Waals surface area contributed by atoms with Crippen molar-refractivity contribution in [3.05, 3.63) is 65.3 Å². The summed E-state index contributed by atoms with van der Waals surface area (Å²) in [5, 5.41) is 3.16. The molecule has 0 aliphatic carbocycles.